The lowest BCUT2D eigenvalue weighted by atomic mass is 9.93. The molecule has 0 bridgehead atoms. The molecular weight excluding hydrogens is 388 g/mol. The number of quaternary nitrogens is 1. The number of H-pyrrole nitrogens is 1. The molecule has 2 fully saturated rings. The normalized spacial score (nSPS) is 23.8. The van der Waals surface area contributed by atoms with E-state index in [0.717, 1.165) is 53.8 Å². The summed E-state index contributed by atoms with van der Waals surface area (Å²) in [7, 11) is 0. The molecule has 3 heterocycles. The SMILES string of the molecule is Cc1cccc2cc([C@@H](c3nnnn3C3CCCCC3)[NH+]3CCC[C@H](C)C3)c(=O)[nH]c12. The highest BCUT2D eigenvalue weighted by atomic mass is 16.1. The Hall–Kier alpha value is -2.54. The van der Waals surface area contributed by atoms with E-state index in [4.69, 9.17) is 0 Å². The summed E-state index contributed by atoms with van der Waals surface area (Å²) >= 11 is 0. The number of nitrogens with one attached hydrogen (secondary N) is 2. The van der Waals surface area contributed by atoms with Gasteiger partial charge in [0.15, 0.2) is 6.04 Å². The van der Waals surface area contributed by atoms with Gasteiger partial charge in [-0.1, -0.05) is 44.4 Å². The highest BCUT2D eigenvalue weighted by molar-refractivity contribution is 5.82. The van der Waals surface area contributed by atoms with E-state index in [1.54, 1.807) is 0 Å². The largest absolute Gasteiger partial charge is 0.322 e. The molecule has 0 spiro atoms. The number of rotatable bonds is 4. The van der Waals surface area contributed by atoms with Crippen LogP contribution in [0.5, 0.6) is 0 Å². The zero-order chi connectivity index (χ0) is 21.4. The van der Waals surface area contributed by atoms with Gasteiger partial charge in [-0.2, -0.15) is 0 Å². The van der Waals surface area contributed by atoms with Crippen molar-refractivity contribution >= 4 is 10.9 Å². The monoisotopic (exact) mass is 421 g/mol. The van der Waals surface area contributed by atoms with Crippen LogP contribution in [0, 0.1) is 12.8 Å². The van der Waals surface area contributed by atoms with Crippen molar-refractivity contribution in [2.75, 3.05) is 13.1 Å². The number of piperidine rings is 1. The second-order valence-electron chi connectivity index (χ2n) is 9.66. The van der Waals surface area contributed by atoms with Crippen LogP contribution in [0.2, 0.25) is 0 Å². The van der Waals surface area contributed by atoms with E-state index in [1.807, 2.05) is 13.0 Å². The fourth-order valence-electron chi connectivity index (χ4n) is 5.72. The molecule has 5 rings (SSSR count). The number of tetrazole rings is 1. The Balaban J connectivity index is 1.64. The van der Waals surface area contributed by atoms with Gasteiger partial charge in [0.05, 0.1) is 30.2 Å². The molecule has 1 aromatic carbocycles. The number of hydrogen-bond donors (Lipinski definition) is 2. The Morgan fingerprint density at radius 3 is 2.81 bits per heavy atom. The number of pyridine rings is 1. The first-order chi connectivity index (χ1) is 15.1. The molecular formula is C24H33N6O+. The number of aromatic nitrogens is 5. The van der Waals surface area contributed by atoms with Crippen molar-refractivity contribution in [1.82, 2.24) is 25.2 Å². The van der Waals surface area contributed by atoms with Crippen molar-refractivity contribution < 1.29 is 4.90 Å². The van der Waals surface area contributed by atoms with Crippen LogP contribution < -0.4 is 10.5 Å². The zero-order valence-electron chi connectivity index (χ0n) is 18.6. The molecule has 1 saturated carbocycles. The number of likely N-dealkylation sites (tertiary alicyclic amines) is 1. The molecule has 1 unspecified atom stereocenters. The molecule has 3 aromatic rings. The lowest BCUT2D eigenvalue weighted by molar-refractivity contribution is -0.934. The smallest absolute Gasteiger partial charge is 0.258 e. The van der Waals surface area contributed by atoms with E-state index in [2.05, 4.69) is 50.3 Å². The van der Waals surface area contributed by atoms with Crippen molar-refractivity contribution in [3.63, 3.8) is 0 Å². The van der Waals surface area contributed by atoms with Crippen LogP contribution in [0.4, 0.5) is 0 Å². The summed E-state index contributed by atoms with van der Waals surface area (Å²) in [6.45, 7) is 6.43. The molecule has 2 aromatic heterocycles. The Bertz CT molecular complexity index is 1110. The van der Waals surface area contributed by atoms with E-state index in [1.165, 1.54) is 37.0 Å². The van der Waals surface area contributed by atoms with Gasteiger partial charge in [-0.05, 0) is 60.0 Å². The lowest BCUT2D eigenvalue weighted by Crippen LogP contribution is -3.14. The van der Waals surface area contributed by atoms with Gasteiger partial charge in [-0.25, -0.2) is 4.68 Å². The number of aromatic amines is 1. The van der Waals surface area contributed by atoms with Crippen LogP contribution in [0.25, 0.3) is 10.9 Å². The maximum atomic E-state index is 13.4. The second-order valence-corrected chi connectivity index (χ2v) is 9.66. The van der Waals surface area contributed by atoms with Crippen LogP contribution in [-0.2, 0) is 0 Å². The van der Waals surface area contributed by atoms with Crippen molar-refractivity contribution in [1.29, 1.82) is 0 Å². The maximum Gasteiger partial charge on any atom is 0.258 e. The Morgan fingerprint density at radius 2 is 2.00 bits per heavy atom. The third-order valence-electron chi connectivity index (χ3n) is 7.34. The summed E-state index contributed by atoms with van der Waals surface area (Å²) in [5, 5.41) is 14.1. The van der Waals surface area contributed by atoms with Crippen molar-refractivity contribution in [2.24, 2.45) is 5.92 Å². The van der Waals surface area contributed by atoms with Crippen molar-refractivity contribution in [2.45, 2.75) is 70.9 Å². The summed E-state index contributed by atoms with van der Waals surface area (Å²) in [6.07, 6.45) is 8.37. The minimum atomic E-state index is -0.145. The van der Waals surface area contributed by atoms with Crippen LogP contribution in [0.15, 0.2) is 29.1 Å². The summed E-state index contributed by atoms with van der Waals surface area (Å²) in [5.41, 5.74) is 2.78. The molecule has 7 nitrogen and oxygen atoms in total. The van der Waals surface area contributed by atoms with Gasteiger partial charge < -0.3 is 9.88 Å². The topological polar surface area (TPSA) is 80.9 Å². The van der Waals surface area contributed by atoms with Crippen molar-refractivity contribution in [3.8, 4) is 0 Å². The average molecular weight is 422 g/mol. The molecule has 1 aliphatic carbocycles. The number of fused-ring (bicyclic) bond motifs is 1. The fraction of sp³-hybridized carbons (Fsp3) is 0.583. The van der Waals surface area contributed by atoms with E-state index >= 15 is 0 Å². The molecule has 2 aliphatic rings. The van der Waals surface area contributed by atoms with E-state index < -0.39 is 0 Å². The molecule has 1 aliphatic heterocycles. The number of benzene rings is 1. The predicted molar refractivity (Wildman–Crippen MR) is 120 cm³/mol. The zero-order valence-corrected chi connectivity index (χ0v) is 18.6. The van der Waals surface area contributed by atoms with Gasteiger partial charge in [0.2, 0.25) is 5.82 Å². The van der Waals surface area contributed by atoms with Gasteiger partial charge in [-0.15, -0.1) is 5.10 Å². The standard InChI is InChI=1S/C24H32N6O/c1-16-8-7-13-29(15-16)22(23-26-27-28-30(23)19-11-4-3-5-12-19)20-14-18-10-6-9-17(2)21(18)25-24(20)31/h6,9-10,14,16,19,22H,3-5,7-8,11-13,15H2,1-2H3,(H,25,31)/p+1/t16-,22-/m0/s1. The fourth-order valence-corrected chi connectivity index (χ4v) is 5.72. The minimum absolute atomic E-state index is 0.0179. The van der Waals surface area contributed by atoms with Crippen LogP contribution >= 0.6 is 0 Å². The minimum Gasteiger partial charge on any atom is -0.322 e. The predicted octanol–water partition coefficient (Wildman–Crippen LogP) is 2.73. The van der Waals surface area contributed by atoms with Crippen LogP contribution in [-0.4, -0.2) is 38.3 Å². The number of para-hydroxylation sites is 1. The van der Waals surface area contributed by atoms with Gasteiger partial charge in [0.1, 0.15) is 0 Å². The first-order valence-corrected chi connectivity index (χ1v) is 11.9. The van der Waals surface area contributed by atoms with Crippen LogP contribution in [0.1, 0.15) is 80.9 Å². The number of hydrogen-bond acceptors (Lipinski definition) is 4. The third-order valence-corrected chi connectivity index (χ3v) is 7.34. The molecule has 31 heavy (non-hydrogen) atoms. The first-order valence-electron chi connectivity index (χ1n) is 11.9. The van der Waals surface area contributed by atoms with Crippen molar-refractivity contribution in [3.05, 3.63) is 51.6 Å². The van der Waals surface area contributed by atoms with Crippen LogP contribution in [0.3, 0.4) is 0 Å². The van der Waals surface area contributed by atoms with Gasteiger partial charge in [-0.3, -0.25) is 4.79 Å². The highest BCUT2D eigenvalue weighted by Crippen LogP contribution is 2.30. The molecule has 3 atom stereocenters. The molecule has 164 valence electrons. The maximum absolute atomic E-state index is 13.4. The Kier molecular flexibility index (Phi) is 5.61. The lowest BCUT2D eigenvalue weighted by Gasteiger charge is -2.34. The summed E-state index contributed by atoms with van der Waals surface area (Å²) in [6, 6.07) is 8.44. The van der Waals surface area contributed by atoms with E-state index in [9.17, 15) is 4.79 Å². The molecule has 1 saturated heterocycles. The highest BCUT2D eigenvalue weighted by Gasteiger charge is 2.37. The van der Waals surface area contributed by atoms with Gasteiger partial charge >= 0.3 is 0 Å². The van der Waals surface area contributed by atoms with E-state index in [-0.39, 0.29) is 11.6 Å². The quantitative estimate of drug-likeness (QED) is 0.679. The third kappa shape index (κ3) is 3.91. The average Bonchev–Trinajstić information content (AvgIpc) is 3.25. The summed E-state index contributed by atoms with van der Waals surface area (Å²) in [5.74, 6) is 1.49. The Labute approximate surface area is 182 Å². The summed E-state index contributed by atoms with van der Waals surface area (Å²) in [4.78, 5) is 18.0. The Morgan fingerprint density at radius 1 is 1.16 bits per heavy atom. The van der Waals surface area contributed by atoms with Gasteiger partial charge in [0.25, 0.3) is 5.56 Å². The van der Waals surface area contributed by atoms with E-state index in [0.29, 0.717) is 12.0 Å². The van der Waals surface area contributed by atoms with Gasteiger partial charge in [0, 0.05) is 5.92 Å². The molecule has 0 radical (unpaired) electrons. The molecule has 2 N–H and O–H groups in total. The first kappa shape index (κ1) is 20.4. The second kappa shape index (κ2) is 8.54. The number of nitrogens with zero attached hydrogens (tertiary/aromatic N) is 4. The molecule has 7 heteroatoms. The molecule has 0 amide bonds. The summed E-state index contributed by atoms with van der Waals surface area (Å²) < 4.78 is 2.05. The number of aryl methyl sites for hydroxylation is 1.